The molecule has 2 aromatic rings. The number of methoxy groups -OCH3 is 2. The topological polar surface area (TPSA) is 61.8 Å². The van der Waals surface area contributed by atoms with Crippen LogP contribution in [0.5, 0.6) is 11.5 Å². The average molecular weight is 412 g/mol. The Labute approximate surface area is 141 Å². The summed E-state index contributed by atoms with van der Waals surface area (Å²) in [7, 11) is 2.75. The van der Waals surface area contributed by atoms with Crippen molar-refractivity contribution in [3.63, 3.8) is 0 Å². The second kappa shape index (κ2) is 7.26. The first-order valence-corrected chi connectivity index (χ1v) is 7.37. The number of halogens is 1. The van der Waals surface area contributed by atoms with Crippen molar-refractivity contribution in [2.75, 3.05) is 14.2 Å². The smallest absolute Gasteiger partial charge is 0.343 e. The fraction of sp³-hybridized carbons (Fsp3) is 0.125. The Hall–Kier alpha value is -2.09. The van der Waals surface area contributed by atoms with Crippen LogP contribution in [0.15, 0.2) is 42.5 Å². The van der Waals surface area contributed by atoms with Gasteiger partial charge in [-0.05, 0) is 52.9 Å². The van der Waals surface area contributed by atoms with Crippen molar-refractivity contribution >= 4 is 34.5 Å². The first kappa shape index (κ1) is 16.3. The largest absolute Gasteiger partial charge is 0.497 e. The van der Waals surface area contributed by atoms with Crippen LogP contribution in [-0.2, 0) is 4.74 Å². The van der Waals surface area contributed by atoms with Gasteiger partial charge in [-0.3, -0.25) is 0 Å². The molecule has 114 valence electrons. The van der Waals surface area contributed by atoms with Gasteiger partial charge in [0.05, 0.1) is 19.8 Å². The molecule has 0 amide bonds. The summed E-state index contributed by atoms with van der Waals surface area (Å²) in [5.74, 6) is -0.585. The van der Waals surface area contributed by atoms with E-state index in [1.807, 2.05) is 6.07 Å². The van der Waals surface area contributed by atoms with Crippen LogP contribution in [0.4, 0.5) is 0 Å². The maximum atomic E-state index is 12.2. The Kier molecular flexibility index (Phi) is 5.37. The van der Waals surface area contributed by atoms with Gasteiger partial charge in [-0.25, -0.2) is 9.59 Å². The molecule has 22 heavy (non-hydrogen) atoms. The summed E-state index contributed by atoms with van der Waals surface area (Å²) >= 11 is 2.10. The summed E-state index contributed by atoms with van der Waals surface area (Å²) in [6.07, 6.45) is 0. The van der Waals surface area contributed by atoms with Crippen LogP contribution in [-0.4, -0.2) is 26.2 Å². The summed E-state index contributed by atoms with van der Waals surface area (Å²) in [5, 5.41) is 0. The lowest BCUT2D eigenvalue weighted by atomic mass is 10.2. The second-order valence-electron chi connectivity index (χ2n) is 4.25. The maximum absolute atomic E-state index is 12.2. The van der Waals surface area contributed by atoms with Crippen LogP contribution >= 0.6 is 22.6 Å². The Bertz CT molecular complexity index is 711. The predicted octanol–water partition coefficient (Wildman–Crippen LogP) is 3.31. The normalized spacial score (nSPS) is 9.95. The van der Waals surface area contributed by atoms with Gasteiger partial charge in [-0.15, -0.1) is 0 Å². The molecule has 0 fully saturated rings. The molecular formula is C16H13IO5. The number of hydrogen-bond acceptors (Lipinski definition) is 5. The third kappa shape index (κ3) is 3.76. The third-order valence-corrected chi connectivity index (χ3v) is 3.53. The number of carbonyl (C=O) groups excluding carboxylic acids is 2. The lowest BCUT2D eigenvalue weighted by Crippen LogP contribution is -2.12. The fourth-order valence-corrected chi connectivity index (χ4v) is 2.31. The number of ether oxygens (including phenoxy) is 3. The number of esters is 2. The molecular weight excluding hydrogens is 399 g/mol. The van der Waals surface area contributed by atoms with E-state index < -0.39 is 11.9 Å². The highest BCUT2D eigenvalue weighted by Crippen LogP contribution is 2.26. The fourth-order valence-electron chi connectivity index (χ4n) is 1.77. The van der Waals surface area contributed by atoms with Crippen LogP contribution in [0.25, 0.3) is 0 Å². The Morgan fingerprint density at radius 2 is 1.77 bits per heavy atom. The number of benzene rings is 2. The van der Waals surface area contributed by atoms with Crippen LogP contribution in [0, 0.1) is 3.57 Å². The van der Waals surface area contributed by atoms with Crippen molar-refractivity contribution in [2.45, 2.75) is 0 Å². The van der Waals surface area contributed by atoms with Gasteiger partial charge >= 0.3 is 11.9 Å². The highest BCUT2D eigenvalue weighted by Gasteiger charge is 2.18. The predicted molar refractivity (Wildman–Crippen MR) is 88.5 cm³/mol. The van der Waals surface area contributed by atoms with Crippen molar-refractivity contribution in [3.05, 3.63) is 57.2 Å². The Morgan fingerprint density at radius 3 is 2.41 bits per heavy atom. The van der Waals surface area contributed by atoms with Crippen molar-refractivity contribution in [1.29, 1.82) is 0 Å². The van der Waals surface area contributed by atoms with Crippen molar-refractivity contribution in [1.82, 2.24) is 0 Å². The summed E-state index contributed by atoms with van der Waals surface area (Å²) in [6.45, 7) is 0. The van der Waals surface area contributed by atoms with Crippen molar-refractivity contribution in [3.8, 4) is 11.5 Å². The standard InChI is InChI=1S/C16H13IO5/c1-20-12-6-7-13(16(19)21-2)14(9-12)22-15(18)10-4-3-5-11(17)8-10/h3-9H,1-2H3. The SMILES string of the molecule is COC(=O)c1ccc(OC)cc1OC(=O)c1cccc(I)c1. The van der Waals surface area contributed by atoms with Gasteiger partial charge in [-0.1, -0.05) is 6.07 Å². The molecule has 0 saturated carbocycles. The van der Waals surface area contributed by atoms with Crippen LogP contribution in [0.1, 0.15) is 20.7 Å². The molecule has 0 bridgehead atoms. The van der Waals surface area contributed by atoms with E-state index in [1.165, 1.54) is 26.4 Å². The highest BCUT2D eigenvalue weighted by molar-refractivity contribution is 14.1. The van der Waals surface area contributed by atoms with Gasteiger partial charge in [0.25, 0.3) is 0 Å². The van der Waals surface area contributed by atoms with Crippen LogP contribution < -0.4 is 9.47 Å². The van der Waals surface area contributed by atoms with Crippen molar-refractivity contribution in [2.24, 2.45) is 0 Å². The van der Waals surface area contributed by atoms with Gasteiger partial charge < -0.3 is 14.2 Å². The minimum Gasteiger partial charge on any atom is -0.497 e. The molecule has 0 heterocycles. The van der Waals surface area contributed by atoms with Gasteiger partial charge in [0.2, 0.25) is 0 Å². The monoisotopic (exact) mass is 412 g/mol. The van der Waals surface area contributed by atoms with Gasteiger partial charge in [0, 0.05) is 9.64 Å². The van der Waals surface area contributed by atoms with Gasteiger partial charge in [0.1, 0.15) is 17.1 Å². The minimum atomic E-state index is -0.590. The maximum Gasteiger partial charge on any atom is 0.343 e. The molecule has 0 saturated heterocycles. The molecule has 0 aliphatic rings. The molecule has 0 spiro atoms. The molecule has 2 rings (SSSR count). The molecule has 5 nitrogen and oxygen atoms in total. The van der Waals surface area contributed by atoms with E-state index in [0.717, 1.165) is 3.57 Å². The second-order valence-corrected chi connectivity index (χ2v) is 5.50. The minimum absolute atomic E-state index is 0.0926. The van der Waals surface area contributed by atoms with E-state index in [4.69, 9.17) is 9.47 Å². The number of rotatable bonds is 4. The molecule has 0 N–H and O–H groups in total. The zero-order valence-electron chi connectivity index (χ0n) is 12.0. The quantitative estimate of drug-likeness (QED) is 0.438. The molecule has 0 unspecified atom stereocenters. The van der Waals surface area contributed by atoms with Crippen molar-refractivity contribution < 1.29 is 23.8 Å². The molecule has 0 aliphatic carbocycles. The van der Waals surface area contributed by atoms with Gasteiger partial charge in [0.15, 0.2) is 0 Å². The van der Waals surface area contributed by atoms with E-state index >= 15 is 0 Å². The average Bonchev–Trinajstić information content (AvgIpc) is 2.54. The first-order chi connectivity index (χ1) is 10.5. The summed E-state index contributed by atoms with van der Waals surface area (Å²) in [6, 6.07) is 11.5. The van der Waals surface area contributed by atoms with E-state index in [0.29, 0.717) is 11.3 Å². The number of carbonyl (C=O) groups is 2. The zero-order chi connectivity index (χ0) is 16.1. The van der Waals surface area contributed by atoms with Crippen LogP contribution in [0.2, 0.25) is 0 Å². The van der Waals surface area contributed by atoms with E-state index in [-0.39, 0.29) is 11.3 Å². The lowest BCUT2D eigenvalue weighted by molar-refractivity contribution is 0.0593. The summed E-state index contributed by atoms with van der Waals surface area (Å²) in [4.78, 5) is 24.0. The first-order valence-electron chi connectivity index (χ1n) is 6.29. The highest BCUT2D eigenvalue weighted by atomic mass is 127. The molecule has 0 atom stereocenters. The Balaban J connectivity index is 2.34. The van der Waals surface area contributed by atoms with Crippen LogP contribution in [0.3, 0.4) is 0 Å². The van der Waals surface area contributed by atoms with E-state index in [2.05, 4.69) is 27.3 Å². The molecule has 0 aromatic heterocycles. The summed E-state index contributed by atoms with van der Waals surface area (Å²) < 4.78 is 16.0. The third-order valence-electron chi connectivity index (χ3n) is 2.86. The lowest BCUT2D eigenvalue weighted by Gasteiger charge is -2.10. The van der Waals surface area contributed by atoms with E-state index in [9.17, 15) is 9.59 Å². The van der Waals surface area contributed by atoms with E-state index in [1.54, 1.807) is 24.3 Å². The number of hydrogen-bond donors (Lipinski definition) is 0. The molecule has 0 radical (unpaired) electrons. The Morgan fingerprint density at radius 1 is 1.00 bits per heavy atom. The zero-order valence-corrected chi connectivity index (χ0v) is 14.1. The molecule has 6 heteroatoms. The molecule has 2 aromatic carbocycles. The molecule has 0 aliphatic heterocycles. The van der Waals surface area contributed by atoms with Gasteiger partial charge in [-0.2, -0.15) is 0 Å². The summed E-state index contributed by atoms with van der Waals surface area (Å²) in [5.41, 5.74) is 0.549.